The second kappa shape index (κ2) is 3.99. The van der Waals surface area contributed by atoms with E-state index in [4.69, 9.17) is 9.47 Å². The Morgan fingerprint density at radius 2 is 2.46 bits per heavy atom. The number of aromatic nitrogens is 2. The molecule has 1 aromatic heterocycles. The SMILES string of the molecule is CNc1nc(C2COCCO2)ns1. The molecule has 2 heterocycles. The summed E-state index contributed by atoms with van der Waals surface area (Å²) in [5.41, 5.74) is 0. The molecule has 72 valence electrons. The predicted octanol–water partition coefficient (Wildman–Crippen LogP) is 0.668. The van der Waals surface area contributed by atoms with Crippen molar-refractivity contribution in [2.75, 3.05) is 32.2 Å². The molecule has 1 unspecified atom stereocenters. The first-order valence-electron chi connectivity index (χ1n) is 4.11. The summed E-state index contributed by atoms with van der Waals surface area (Å²) in [6.45, 7) is 1.85. The summed E-state index contributed by atoms with van der Waals surface area (Å²) in [5.74, 6) is 0.717. The average molecular weight is 201 g/mol. The molecule has 0 saturated carbocycles. The Morgan fingerprint density at radius 3 is 3.08 bits per heavy atom. The van der Waals surface area contributed by atoms with Crippen LogP contribution in [-0.4, -0.2) is 36.2 Å². The van der Waals surface area contributed by atoms with E-state index in [-0.39, 0.29) is 6.10 Å². The first-order chi connectivity index (χ1) is 6.40. The highest BCUT2D eigenvalue weighted by Gasteiger charge is 2.20. The molecule has 1 aliphatic heterocycles. The first-order valence-corrected chi connectivity index (χ1v) is 4.88. The second-order valence-corrected chi connectivity index (χ2v) is 3.39. The van der Waals surface area contributed by atoms with Crippen LogP contribution in [-0.2, 0) is 9.47 Å². The lowest BCUT2D eigenvalue weighted by atomic mass is 10.3. The van der Waals surface area contributed by atoms with Crippen molar-refractivity contribution >= 4 is 16.7 Å². The van der Waals surface area contributed by atoms with Crippen LogP contribution < -0.4 is 5.32 Å². The van der Waals surface area contributed by atoms with E-state index in [0.717, 1.165) is 5.13 Å². The van der Waals surface area contributed by atoms with Crippen molar-refractivity contribution in [3.05, 3.63) is 5.82 Å². The molecule has 0 spiro atoms. The highest BCUT2D eigenvalue weighted by molar-refractivity contribution is 7.09. The van der Waals surface area contributed by atoms with Crippen LogP contribution in [0.1, 0.15) is 11.9 Å². The number of hydrogen-bond donors (Lipinski definition) is 1. The molecule has 1 saturated heterocycles. The Bertz CT molecular complexity index is 272. The first kappa shape index (κ1) is 8.86. The van der Waals surface area contributed by atoms with Crippen molar-refractivity contribution in [1.29, 1.82) is 0 Å². The molecule has 1 aromatic rings. The van der Waals surface area contributed by atoms with Crippen LogP contribution in [0.5, 0.6) is 0 Å². The summed E-state index contributed by atoms with van der Waals surface area (Å²) >= 11 is 1.34. The van der Waals surface area contributed by atoms with E-state index < -0.39 is 0 Å². The van der Waals surface area contributed by atoms with Gasteiger partial charge < -0.3 is 14.8 Å². The van der Waals surface area contributed by atoms with E-state index >= 15 is 0 Å². The minimum Gasteiger partial charge on any atom is -0.376 e. The third-order valence-corrected chi connectivity index (χ3v) is 2.51. The number of hydrogen-bond acceptors (Lipinski definition) is 6. The maximum Gasteiger partial charge on any atom is 0.202 e. The molecule has 0 amide bonds. The van der Waals surface area contributed by atoms with Crippen molar-refractivity contribution in [3.63, 3.8) is 0 Å². The normalized spacial score (nSPS) is 23.0. The van der Waals surface area contributed by atoms with Gasteiger partial charge in [0, 0.05) is 18.6 Å². The average Bonchev–Trinajstić information content (AvgIpc) is 2.67. The third kappa shape index (κ3) is 1.96. The van der Waals surface area contributed by atoms with Crippen LogP contribution in [0.2, 0.25) is 0 Å². The molecule has 1 N–H and O–H groups in total. The lowest BCUT2D eigenvalue weighted by Crippen LogP contribution is -2.22. The van der Waals surface area contributed by atoms with Gasteiger partial charge in [-0.15, -0.1) is 0 Å². The fraction of sp³-hybridized carbons (Fsp3) is 0.714. The van der Waals surface area contributed by atoms with Gasteiger partial charge in [-0.25, -0.2) is 4.98 Å². The van der Waals surface area contributed by atoms with Crippen LogP contribution in [0.15, 0.2) is 0 Å². The summed E-state index contributed by atoms with van der Waals surface area (Å²) in [7, 11) is 1.82. The Morgan fingerprint density at radius 1 is 1.54 bits per heavy atom. The van der Waals surface area contributed by atoms with E-state index in [9.17, 15) is 0 Å². The number of rotatable bonds is 2. The fourth-order valence-corrected chi connectivity index (χ4v) is 1.67. The summed E-state index contributed by atoms with van der Waals surface area (Å²) in [5, 5.41) is 3.74. The molecular weight excluding hydrogens is 190 g/mol. The zero-order valence-electron chi connectivity index (χ0n) is 7.32. The predicted molar refractivity (Wildman–Crippen MR) is 49.0 cm³/mol. The fourth-order valence-electron chi connectivity index (χ4n) is 1.10. The zero-order valence-corrected chi connectivity index (χ0v) is 8.13. The molecule has 1 aliphatic rings. The highest BCUT2D eigenvalue weighted by Crippen LogP contribution is 2.21. The smallest absolute Gasteiger partial charge is 0.202 e. The maximum atomic E-state index is 5.45. The zero-order chi connectivity index (χ0) is 9.10. The number of anilines is 1. The lowest BCUT2D eigenvalue weighted by molar-refractivity contribution is -0.0930. The Kier molecular flexibility index (Phi) is 2.72. The van der Waals surface area contributed by atoms with Gasteiger partial charge in [-0.2, -0.15) is 4.37 Å². The Hall–Kier alpha value is -0.720. The molecule has 1 atom stereocenters. The quantitative estimate of drug-likeness (QED) is 0.762. The van der Waals surface area contributed by atoms with Crippen LogP contribution in [0, 0.1) is 0 Å². The van der Waals surface area contributed by atoms with Gasteiger partial charge in [0.15, 0.2) is 5.82 Å². The van der Waals surface area contributed by atoms with Gasteiger partial charge in [-0.05, 0) is 0 Å². The van der Waals surface area contributed by atoms with Crippen LogP contribution in [0.4, 0.5) is 5.13 Å². The molecule has 0 radical (unpaired) electrons. The van der Waals surface area contributed by atoms with Gasteiger partial charge in [-0.3, -0.25) is 0 Å². The Labute approximate surface area is 80.2 Å². The van der Waals surface area contributed by atoms with E-state index in [1.165, 1.54) is 11.5 Å². The van der Waals surface area contributed by atoms with Crippen molar-refractivity contribution in [2.45, 2.75) is 6.10 Å². The topological polar surface area (TPSA) is 56.3 Å². The van der Waals surface area contributed by atoms with Gasteiger partial charge in [0.1, 0.15) is 6.10 Å². The van der Waals surface area contributed by atoms with Crippen LogP contribution in [0.3, 0.4) is 0 Å². The molecule has 0 aliphatic carbocycles. The molecule has 1 fully saturated rings. The van der Waals surface area contributed by atoms with Crippen molar-refractivity contribution in [2.24, 2.45) is 0 Å². The highest BCUT2D eigenvalue weighted by atomic mass is 32.1. The minimum atomic E-state index is -0.0906. The van der Waals surface area contributed by atoms with Crippen LogP contribution in [0.25, 0.3) is 0 Å². The molecule has 5 nitrogen and oxygen atoms in total. The van der Waals surface area contributed by atoms with Gasteiger partial charge in [0.2, 0.25) is 5.13 Å². The summed E-state index contributed by atoms with van der Waals surface area (Å²) in [6.07, 6.45) is -0.0906. The summed E-state index contributed by atoms with van der Waals surface area (Å²) in [4.78, 5) is 4.24. The van der Waals surface area contributed by atoms with Crippen LogP contribution >= 0.6 is 11.5 Å². The van der Waals surface area contributed by atoms with Crippen molar-refractivity contribution in [1.82, 2.24) is 9.36 Å². The number of ether oxygens (including phenoxy) is 2. The number of nitrogens with zero attached hydrogens (tertiary/aromatic N) is 2. The third-order valence-electron chi connectivity index (χ3n) is 1.76. The molecule has 0 aromatic carbocycles. The molecule has 0 bridgehead atoms. The van der Waals surface area contributed by atoms with Gasteiger partial charge in [0.25, 0.3) is 0 Å². The van der Waals surface area contributed by atoms with Gasteiger partial charge in [0.05, 0.1) is 19.8 Å². The van der Waals surface area contributed by atoms with E-state index in [1.54, 1.807) is 0 Å². The molecule has 2 rings (SSSR count). The van der Waals surface area contributed by atoms with Gasteiger partial charge >= 0.3 is 0 Å². The van der Waals surface area contributed by atoms with E-state index in [0.29, 0.717) is 25.6 Å². The monoisotopic (exact) mass is 201 g/mol. The van der Waals surface area contributed by atoms with Crippen molar-refractivity contribution in [3.8, 4) is 0 Å². The summed E-state index contributed by atoms with van der Waals surface area (Å²) < 4.78 is 14.9. The molecule has 13 heavy (non-hydrogen) atoms. The lowest BCUT2D eigenvalue weighted by Gasteiger charge is -2.20. The van der Waals surface area contributed by atoms with Crippen molar-refractivity contribution < 1.29 is 9.47 Å². The standard InChI is InChI=1S/C7H11N3O2S/c1-8-7-9-6(10-13-7)5-4-11-2-3-12-5/h5H,2-4H2,1H3,(H,8,9,10). The number of nitrogens with one attached hydrogen (secondary N) is 1. The maximum absolute atomic E-state index is 5.45. The summed E-state index contributed by atoms with van der Waals surface area (Å²) in [6, 6.07) is 0. The molecular formula is C7H11N3O2S. The van der Waals surface area contributed by atoms with E-state index in [2.05, 4.69) is 14.7 Å². The second-order valence-electron chi connectivity index (χ2n) is 2.64. The van der Waals surface area contributed by atoms with Gasteiger partial charge in [-0.1, -0.05) is 0 Å². The largest absolute Gasteiger partial charge is 0.376 e. The minimum absolute atomic E-state index is 0.0906. The molecule has 6 heteroatoms. The van der Waals surface area contributed by atoms with E-state index in [1.807, 2.05) is 7.05 Å². The Balaban J connectivity index is 2.05.